The molecule has 0 rings (SSSR count). The molecule has 0 aromatic carbocycles. The van der Waals surface area contributed by atoms with Crippen molar-refractivity contribution in [2.45, 2.75) is 58.9 Å². The molecule has 2 N–H and O–H groups in total. The molecule has 0 fully saturated rings. The Morgan fingerprint density at radius 2 is 1.57 bits per heavy atom. The normalized spacial score (nSPS) is 12.4. The molecule has 0 saturated heterocycles. The third kappa shape index (κ3) is 8.89. The second kappa shape index (κ2) is 7.58. The van der Waals surface area contributed by atoms with Crippen LogP contribution in [0.5, 0.6) is 0 Å². The van der Waals surface area contributed by atoms with Crippen LogP contribution in [-0.2, 0) is 10.9 Å². The lowest BCUT2D eigenvalue weighted by atomic mass is 9.98. The van der Waals surface area contributed by atoms with Crippen LogP contribution in [0.25, 0.3) is 0 Å². The molecular formula is C12H28NS+. The van der Waals surface area contributed by atoms with Gasteiger partial charge in [-0.25, -0.2) is 0 Å². The lowest BCUT2D eigenvalue weighted by Gasteiger charge is -2.17. The molecule has 0 aliphatic carbocycles. The molecule has 14 heavy (non-hydrogen) atoms. The van der Waals surface area contributed by atoms with E-state index in [1.165, 1.54) is 42.9 Å². The third-order valence-corrected chi connectivity index (χ3v) is 5.07. The number of rotatable bonds is 8. The quantitative estimate of drug-likeness (QED) is 0.492. The summed E-state index contributed by atoms with van der Waals surface area (Å²) < 4.78 is 0. The van der Waals surface area contributed by atoms with E-state index in [2.05, 4.69) is 27.7 Å². The van der Waals surface area contributed by atoms with E-state index in [9.17, 15) is 0 Å². The maximum absolute atomic E-state index is 5.93. The molecule has 0 amide bonds. The van der Waals surface area contributed by atoms with Crippen molar-refractivity contribution >= 4 is 10.9 Å². The number of nitrogens with two attached hydrogens (primary N) is 1. The summed E-state index contributed by atoms with van der Waals surface area (Å²) in [6.45, 7) is 8.87. The van der Waals surface area contributed by atoms with Crippen LogP contribution >= 0.6 is 0 Å². The van der Waals surface area contributed by atoms with Crippen molar-refractivity contribution in [3.8, 4) is 0 Å². The lowest BCUT2D eigenvalue weighted by molar-refractivity contribution is 0.449. The minimum atomic E-state index is 0.0389. The molecule has 0 aromatic heterocycles. The summed E-state index contributed by atoms with van der Waals surface area (Å²) in [7, 11) is 0.706. The maximum atomic E-state index is 5.93. The smallest absolute Gasteiger partial charge is 0.108 e. The molecule has 86 valence electrons. The molecule has 0 unspecified atom stereocenters. The molecule has 1 nitrogen and oxygen atoms in total. The predicted octanol–water partition coefficient (Wildman–Crippen LogP) is 2.94. The monoisotopic (exact) mass is 218 g/mol. The summed E-state index contributed by atoms with van der Waals surface area (Å²) in [6, 6.07) is 0. The van der Waals surface area contributed by atoms with E-state index in [-0.39, 0.29) is 5.54 Å². The molecule has 0 aromatic rings. The Hall–Kier alpha value is 0.310. The Labute approximate surface area is 93.2 Å². The number of hydrogen-bond acceptors (Lipinski definition) is 1. The zero-order valence-corrected chi connectivity index (χ0v) is 11.3. The fraction of sp³-hybridized carbons (Fsp3) is 1.00. The van der Waals surface area contributed by atoms with Crippen molar-refractivity contribution in [1.82, 2.24) is 0 Å². The molecule has 0 bridgehead atoms. The van der Waals surface area contributed by atoms with Gasteiger partial charge in [-0.2, -0.15) is 0 Å². The highest BCUT2D eigenvalue weighted by atomic mass is 32.2. The number of hydrogen-bond donors (Lipinski definition) is 1. The highest BCUT2D eigenvalue weighted by Gasteiger charge is 2.12. The first kappa shape index (κ1) is 14.3. The molecule has 0 aliphatic rings. The SMILES string of the molecule is CC[S+](CC)CCCCCC(C)(C)N. The summed E-state index contributed by atoms with van der Waals surface area (Å²) >= 11 is 0. The van der Waals surface area contributed by atoms with Gasteiger partial charge in [0.15, 0.2) is 0 Å². The second-order valence-electron chi connectivity index (χ2n) is 4.69. The first-order valence-electron chi connectivity index (χ1n) is 5.92. The van der Waals surface area contributed by atoms with Crippen molar-refractivity contribution in [3.05, 3.63) is 0 Å². The van der Waals surface area contributed by atoms with Gasteiger partial charge >= 0.3 is 0 Å². The van der Waals surface area contributed by atoms with Crippen LogP contribution in [0.4, 0.5) is 0 Å². The van der Waals surface area contributed by atoms with Gasteiger partial charge in [0, 0.05) is 5.54 Å². The Bertz CT molecular complexity index is 125. The van der Waals surface area contributed by atoms with Gasteiger partial charge in [-0.05, 0) is 57.9 Å². The van der Waals surface area contributed by atoms with E-state index in [4.69, 9.17) is 5.73 Å². The molecule has 0 saturated carbocycles. The molecule has 0 radical (unpaired) electrons. The fourth-order valence-electron chi connectivity index (χ4n) is 1.56. The first-order chi connectivity index (χ1) is 6.49. The van der Waals surface area contributed by atoms with E-state index < -0.39 is 0 Å². The lowest BCUT2D eigenvalue weighted by Crippen LogP contribution is -2.31. The molecule has 2 heteroatoms. The summed E-state index contributed by atoms with van der Waals surface area (Å²) in [5.41, 5.74) is 5.97. The highest BCUT2D eigenvalue weighted by Crippen LogP contribution is 2.11. The highest BCUT2D eigenvalue weighted by molar-refractivity contribution is 7.96. The average molecular weight is 218 g/mol. The van der Waals surface area contributed by atoms with E-state index in [1.807, 2.05) is 0 Å². The summed E-state index contributed by atoms with van der Waals surface area (Å²) in [6.07, 6.45) is 5.23. The van der Waals surface area contributed by atoms with Crippen molar-refractivity contribution in [2.24, 2.45) is 5.73 Å². The Kier molecular flexibility index (Phi) is 7.75. The van der Waals surface area contributed by atoms with Crippen LogP contribution in [-0.4, -0.2) is 22.8 Å². The minimum Gasteiger partial charge on any atom is -0.326 e. The van der Waals surface area contributed by atoms with Gasteiger partial charge in [-0.3, -0.25) is 0 Å². The maximum Gasteiger partial charge on any atom is 0.108 e. The van der Waals surface area contributed by atoms with E-state index in [0.717, 1.165) is 0 Å². The molecular weight excluding hydrogens is 190 g/mol. The topological polar surface area (TPSA) is 26.0 Å². The van der Waals surface area contributed by atoms with Crippen LogP contribution < -0.4 is 5.73 Å². The molecule has 0 spiro atoms. The van der Waals surface area contributed by atoms with Gasteiger partial charge in [0.1, 0.15) is 17.3 Å². The first-order valence-corrected chi connectivity index (χ1v) is 7.65. The second-order valence-corrected chi connectivity index (χ2v) is 7.48. The van der Waals surface area contributed by atoms with Crippen molar-refractivity contribution in [3.63, 3.8) is 0 Å². The van der Waals surface area contributed by atoms with Crippen LogP contribution in [0, 0.1) is 0 Å². The van der Waals surface area contributed by atoms with Crippen LogP contribution in [0.15, 0.2) is 0 Å². The predicted molar refractivity (Wildman–Crippen MR) is 70.0 cm³/mol. The van der Waals surface area contributed by atoms with Gasteiger partial charge in [0.2, 0.25) is 0 Å². The Balaban J connectivity index is 3.29. The number of unbranched alkanes of at least 4 members (excludes halogenated alkanes) is 2. The average Bonchev–Trinajstić information content (AvgIpc) is 2.09. The van der Waals surface area contributed by atoms with Crippen molar-refractivity contribution < 1.29 is 0 Å². The summed E-state index contributed by atoms with van der Waals surface area (Å²) in [4.78, 5) is 0. The van der Waals surface area contributed by atoms with Crippen molar-refractivity contribution in [1.29, 1.82) is 0 Å². The van der Waals surface area contributed by atoms with Gasteiger partial charge in [-0.15, -0.1) is 0 Å². The third-order valence-electron chi connectivity index (χ3n) is 2.57. The molecule has 0 heterocycles. The van der Waals surface area contributed by atoms with Crippen molar-refractivity contribution in [2.75, 3.05) is 17.3 Å². The van der Waals surface area contributed by atoms with Gasteiger partial charge in [0.25, 0.3) is 0 Å². The van der Waals surface area contributed by atoms with Gasteiger partial charge in [0.05, 0.1) is 0 Å². The van der Waals surface area contributed by atoms with Crippen LogP contribution in [0.1, 0.15) is 53.4 Å². The molecule has 0 aliphatic heterocycles. The summed E-state index contributed by atoms with van der Waals surface area (Å²) in [5, 5.41) is 0. The summed E-state index contributed by atoms with van der Waals surface area (Å²) in [5.74, 6) is 4.19. The van der Waals surface area contributed by atoms with E-state index >= 15 is 0 Å². The molecule has 0 atom stereocenters. The zero-order chi connectivity index (χ0) is 11.0. The minimum absolute atomic E-state index is 0.0389. The Morgan fingerprint density at radius 3 is 2.00 bits per heavy atom. The van der Waals surface area contributed by atoms with E-state index in [0.29, 0.717) is 10.9 Å². The Morgan fingerprint density at radius 1 is 1.00 bits per heavy atom. The standard InChI is InChI=1S/C12H28NS/c1-5-14(6-2)11-9-7-8-10-12(3,4)13/h5-11,13H2,1-4H3/q+1. The largest absolute Gasteiger partial charge is 0.326 e. The van der Waals surface area contributed by atoms with Crippen LogP contribution in [0.3, 0.4) is 0 Å². The zero-order valence-electron chi connectivity index (χ0n) is 10.4. The fourth-order valence-corrected chi connectivity index (χ4v) is 3.15. The van der Waals surface area contributed by atoms with E-state index in [1.54, 1.807) is 0 Å². The van der Waals surface area contributed by atoms with Gasteiger partial charge < -0.3 is 5.73 Å². The van der Waals surface area contributed by atoms with Gasteiger partial charge in [-0.1, -0.05) is 6.42 Å². The van der Waals surface area contributed by atoms with Crippen LogP contribution in [0.2, 0.25) is 0 Å².